The highest BCUT2D eigenvalue weighted by atomic mass is 32.2. The standard InChI is InChI=1S/C15H23N3O2S/c1-5-7-8-18-10(6-2)9-11(19)12-13(18)16-15(21-4)17-14(12)20-3/h10H,5-9H2,1-4H3. The summed E-state index contributed by atoms with van der Waals surface area (Å²) in [6.07, 6.45) is 5.60. The molecule has 116 valence electrons. The van der Waals surface area contributed by atoms with Crippen LogP contribution in [0.15, 0.2) is 5.16 Å². The van der Waals surface area contributed by atoms with E-state index in [1.54, 1.807) is 7.11 Å². The SMILES string of the molecule is CCCCN1c2nc(SC)nc(OC)c2C(=O)CC1CC. The lowest BCUT2D eigenvalue weighted by Crippen LogP contribution is -2.42. The van der Waals surface area contributed by atoms with E-state index in [-0.39, 0.29) is 11.8 Å². The lowest BCUT2D eigenvalue weighted by Gasteiger charge is -2.37. The van der Waals surface area contributed by atoms with E-state index in [1.807, 2.05) is 6.26 Å². The van der Waals surface area contributed by atoms with Gasteiger partial charge in [-0.15, -0.1) is 0 Å². The molecule has 2 heterocycles. The molecule has 6 heteroatoms. The third-order valence-electron chi connectivity index (χ3n) is 3.85. The van der Waals surface area contributed by atoms with Crippen molar-refractivity contribution in [3.8, 4) is 5.88 Å². The van der Waals surface area contributed by atoms with Crippen molar-refractivity contribution in [3.63, 3.8) is 0 Å². The zero-order valence-electron chi connectivity index (χ0n) is 13.2. The summed E-state index contributed by atoms with van der Waals surface area (Å²) in [5, 5.41) is 0.650. The number of fused-ring (bicyclic) bond motifs is 1. The summed E-state index contributed by atoms with van der Waals surface area (Å²) >= 11 is 1.47. The first-order chi connectivity index (χ1) is 10.2. The number of methoxy groups -OCH3 is 1. The number of aromatic nitrogens is 2. The molecule has 1 atom stereocenters. The van der Waals surface area contributed by atoms with Gasteiger partial charge in [0.15, 0.2) is 10.9 Å². The minimum absolute atomic E-state index is 0.0918. The van der Waals surface area contributed by atoms with Crippen molar-refractivity contribution in [1.82, 2.24) is 9.97 Å². The van der Waals surface area contributed by atoms with Gasteiger partial charge >= 0.3 is 0 Å². The molecule has 1 aromatic rings. The Balaban J connectivity index is 2.53. The van der Waals surface area contributed by atoms with Crippen molar-refractivity contribution in [3.05, 3.63) is 5.56 Å². The molecule has 0 amide bonds. The normalized spacial score (nSPS) is 17.8. The molecule has 21 heavy (non-hydrogen) atoms. The zero-order chi connectivity index (χ0) is 15.4. The molecule has 0 saturated heterocycles. The number of carbonyl (C=O) groups excluding carboxylic acids is 1. The van der Waals surface area contributed by atoms with E-state index in [0.29, 0.717) is 23.0 Å². The number of hydrogen-bond donors (Lipinski definition) is 0. The molecule has 2 rings (SSSR count). The lowest BCUT2D eigenvalue weighted by atomic mass is 9.95. The van der Waals surface area contributed by atoms with Gasteiger partial charge in [0.05, 0.1) is 7.11 Å². The van der Waals surface area contributed by atoms with Crippen molar-refractivity contribution in [2.45, 2.75) is 50.7 Å². The fraction of sp³-hybridized carbons (Fsp3) is 0.667. The molecular weight excluding hydrogens is 286 g/mol. The van der Waals surface area contributed by atoms with Gasteiger partial charge in [-0.1, -0.05) is 32.0 Å². The fourth-order valence-corrected chi connectivity index (χ4v) is 3.03. The summed E-state index contributed by atoms with van der Waals surface area (Å²) in [6, 6.07) is 0.228. The predicted molar refractivity (Wildman–Crippen MR) is 85.6 cm³/mol. The summed E-state index contributed by atoms with van der Waals surface area (Å²) in [7, 11) is 1.56. The van der Waals surface area contributed by atoms with Gasteiger partial charge in [-0.2, -0.15) is 4.98 Å². The van der Waals surface area contributed by atoms with Crippen molar-refractivity contribution >= 4 is 23.4 Å². The largest absolute Gasteiger partial charge is 0.480 e. The Morgan fingerprint density at radius 2 is 2.14 bits per heavy atom. The Hall–Kier alpha value is -1.30. The van der Waals surface area contributed by atoms with Gasteiger partial charge in [0.2, 0.25) is 5.88 Å². The van der Waals surface area contributed by atoms with Crippen molar-refractivity contribution in [1.29, 1.82) is 0 Å². The molecule has 0 aromatic carbocycles. The first kappa shape index (κ1) is 16.1. The average molecular weight is 309 g/mol. The summed E-state index contributed by atoms with van der Waals surface area (Å²) in [4.78, 5) is 23.6. The highest BCUT2D eigenvalue weighted by molar-refractivity contribution is 7.98. The first-order valence-electron chi connectivity index (χ1n) is 7.46. The predicted octanol–water partition coefficient (Wildman–Crippen LogP) is 3.18. The van der Waals surface area contributed by atoms with Gasteiger partial charge in [-0.25, -0.2) is 4.98 Å². The van der Waals surface area contributed by atoms with E-state index >= 15 is 0 Å². The van der Waals surface area contributed by atoms with E-state index in [1.165, 1.54) is 11.8 Å². The second-order valence-corrected chi connectivity index (χ2v) is 5.93. The van der Waals surface area contributed by atoms with Gasteiger partial charge < -0.3 is 9.64 Å². The number of Topliss-reactive ketones (excluding diaryl/α,β-unsaturated/α-hetero) is 1. The van der Waals surface area contributed by atoms with Crippen LogP contribution >= 0.6 is 11.8 Å². The van der Waals surface area contributed by atoms with Crippen LogP contribution in [0.4, 0.5) is 5.82 Å². The number of nitrogens with zero attached hydrogens (tertiary/aromatic N) is 3. The van der Waals surface area contributed by atoms with Crippen LogP contribution in [0.2, 0.25) is 0 Å². The van der Waals surface area contributed by atoms with Crippen molar-refractivity contribution < 1.29 is 9.53 Å². The van der Waals surface area contributed by atoms with Crippen LogP contribution < -0.4 is 9.64 Å². The summed E-state index contributed by atoms with van der Waals surface area (Å²) in [5.41, 5.74) is 0.552. The monoisotopic (exact) mass is 309 g/mol. The van der Waals surface area contributed by atoms with E-state index in [4.69, 9.17) is 4.74 Å². The Morgan fingerprint density at radius 1 is 1.38 bits per heavy atom. The van der Waals surface area contributed by atoms with Gasteiger partial charge in [0, 0.05) is 19.0 Å². The van der Waals surface area contributed by atoms with Crippen molar-refractivity contribution in [2.75, 3.05) is 24.8 Å². The summed E-state index contributed by atoms with van der Waals surface area (Å²) in [6.45, 7) is 5.21. The Morgan fingerprint density at radius 3 is 2.71 bits per heavy atom. The number of anilines is 1. The topological polar surface area (TPSA) is 55.3 Å². The van der Waals surface area contributed by atoms with Crippen LogP contribution in [0.3, 0.4) is 0 Å². The molecule has 0 N–H and O–H groups in total. The number of hydrogen-bond acceptors (Lipinski definition) is 6. The molecule has 0 spiro atoms. The van der Waals surface area contributed by atoms with Gasteiger partial charge in [-0.3, -0.25) is 4.79 Å². The number of rotatable bonds is 6. The van der Waals surface area contributed by atoms with Crippen LogP contribution in [0.1, 0.15) is 49.9 Å². The molecule has 0 fully saturated rings. The first-order valence-corrected chi connectivity index (χ1v) is 8.68. The molecule has 1 aromatic heterocycles. The van der Waals surface area contributed by atoms with Crippen LogP contribution in [-0.4, -0.2) is 41.7 Å². The number of unbranched alkanes of at least 4 members (excludes halogenated alkanes) is 1. The maximum absolute atomic E-state index is 12.5. The fourth-order valence-electron chi connectivity index (χ4n) is 2.68. The molecule has 5 nitrogen and oxygen atoms in total. The molecule has 0 aliphatic carbocycles. The Bertz CT molecular complexity index is 522. The van der Waals surface area contributed by atoms with Crippen molar-refractivity contribution in [2.24, 2.45) is 0 Å². The summed E-state index contributed by atoms with van der Waals surface area (Å²) in [5.74, 6) is 1.25. The van der Waals surface area contributed by atoms with E-state index in [9.17, 15) is 4.79 Å². The summed E-state index contributed by atoms with van der Waals surface area (Å²) < 4.78 is 5.34. The van der Waals surface area contributed by atoms with Crippen LogP contribution in [0, 0.1) is 0 Å². The van der Waals surface area contributed by atoms with Crippen LogP contribution in [-0.2, 0) is 0 Å². The van der Waals surface area contributed by atoms with Crippen LogP contribution in [0.25, 0.3) is 0 Å². The minimum atomic E-state index is 0.0918. The second kappa shape index (κ2) is 7.11. The van der Waals surface area contributed by atoms with Gasteiger partial charge in [0.1, 0.15) is 11.4 Å². The molecule has 1 aliphatic heterocycles. The number of thioether (sulfide) groups is 1. The zero-order valence-corrected chi connectivity index (χ0v) is 14.0. The number of carbonyl (C=O) groups is 1. The number of ether oxygens (including phenoxy) is 1. The second-order valence-electron chi connectivity index (χ2n) is 5.15. The van der Waals surface area contributed by atoms with Crippen LogP contribution in [0.5, 0.6) is 5.88 Å². The van der Waals surface area contributed by atoms with E-state index in [0.717, 1.165) is 31.6 Å². The molecule has 1 unspecified atom stereocenters. The average Bonchev–Trinajstić information content (AvgIpc) is 2.52. The maximum Gasteiger partial charge on any atom is 0.230 e. The van der Waals surface area contributed by atoms with Gasteiger partial charge in [-0.05, 0) is 19.1 Å². The van der Waals surface area contributed by atoms with E-state index < -0.39 is 0 Å². The highest BCUT2D eigenvalue weighted by Gasteiger charge is 2.35. The Kier molecular flexibility index (Phi) is 5.45. The molecule has 0 radical (unpaired) electrons. The maximum atomic E-state index is 12.5. The molecule has 0 bridgehead atoms. The highest BCUT2D eigenvalue weighted by Crippen LogP contribution is 2.36. The smallest absolute Gasteiger partial charge is 0.230 e. The lowest BCUT2D eigenvalue weighted by molar-refractivity contribution is 0.0959. The van der Waals surface area contributed by atoms with Gasteiger partial charge in [0.25, 0.3) is 0 Å². The number of ketones is 1. The van der Waals surface area contributed by atoms with E-state index in [2.05, 4.69) is 28.7 Å². The minimum Gasteiger partial charge on any atom is -0.480 e. The quantitative estimate of drug-likeness (QED) is 0.594. The molecule has 1 aliphatic rings. The molecule has 0 saturated carbocycles. The third kappa shape index (κ3) is 3.15. The Labute approximate surface area is 130 Å². The molecular formula is C15H23N3O2S. The third-order valence-corrected chi connectivity index (χ3v) is 4.40.